The van der Waals surface area contributed by atoms with Crippen LogP contribution in [0.2, 0.25) is 0 Å². The molecular formula is C9H17NO6S. The average Bonchev–Trinajstić information content (AvgIpc) is 2.26. The third kappa shape index (κ3) is 5.44. The Morgan fingerprint density at radius 3 is 2.47 bits per heavy atom. The molecule has 0 saturated carbocycles. The van der Waals surface area contributed by atoms with E-state index in [-0.39, 0.29) is 6.54 Å². The van der Waals surface area contributed by atoms with Crippen molar-refractivity contribution in [2.45, 2.75) is 24.9 Å². The van der Waals surface area contributed by atoms with Gasteiger partial charge in [0.15, 0.2) is 0 Å². The molecule has 0 amide bonds. The lowest BCUT2D eigenvalue weighted by Gasteiger charge is -2.31. The third-order valence-corrected chi connectivity index (χ3v) is 3.96. The third-order valence-electron chi connectivity index (χ3n) is 2.63. The zero-order valence-corrected chi connectivity index (χ0v) is 10.2. The van der Waals surface area contributed by atoms with Gasteiger partial charge in [-0.15, -0.1) is 0 Å². The average molecular weight is 267 g/mol. The maximum atomic E-state index is 11.4. The molecule has 0 atom stereocenters. The minimum atomic E-state index is -3.65. The van der Waals surface area contributed by atoms with Crippen molar-refractivity contribution in [3.63, 3.8) is 0 Å². The molecule has 7 nitrogen and oxygen atoms in total. The highest BCUT2D eigenvalue weighted by Gasteiger charge is 2.31. The predicted molar refractivity (Wildman–Crippen MR) is 59.0 cm³/mol. The maximum absolute atomic E-state index is 11.4. The van der Waals surface area contributed by atoms with Crippen molar-refractivity contribution in [3.8, 4) is 0 Å². The van der Waals surface area contributed by atoms with E-state index in [0.29, 0.717) is 26.1 Å². The summed E-state index contributed by atoms with van der Waals surface area (Å²) in [5, 5.41) is 18.4. The van der Waals surface area contributed by atoms with E-state index < -0.39 is 33.8 Å². The summed E-state index contributed by atoms with van der Waals surface area (Å²) in [5.41, 5.74) is -1.09. The molecule has 0 aromatic rings. The van der Waals surface area contributed by atoms with Crippen LogP contribution < -0.4 is 4.72 Å². The molecule has 1 heterocycles. The maximum Gasteiger partial charge on any atom is 0.304 e. The van der Waals surface area contributed by atoms with E-state index in [1.54, 1.807) is 0 Å². The summed E-state index contributed by atoms with van der Waals surface area (Å²) in [6, 6.07) is 0. The van der Waals surface area contributed by atoms with Crippen LogP contribution in [-0.4, -0.2) is 55.7 Å². The van der Waals surface area contributed by atoms with Crippen LogP contribution in [0.4, 0.5) is 0 Å². The van der Waals surface area contributed by atoms with Crippen molar-refractivity contribution in [1.82, 2.24) is 4.72 Å². The van der Waals surface area contributed by atoms with Gasteiger partial charge in [0.25, 0.3) is 0 Å². The number of hydrogen-bond donors (Lipinski definition) is 3. The van der Waals surface area contributed by atoms with Gasteiger partial charge in [-0.3, -0.25) is 4.79 Å². The van der Waals surface area contributed by atoms with Crippen molar-refractivity contribution in [2.24, 2.45) is 0 Å². The van der Waals surface area contributed by atoms with E-state index in [9.17, 15) is 18.3 Å². The van der Waals surface area contributed by atoms with E-state index in [1.165, 1.54) is 0 Å². The molecule has 0 spiro atoms. The molecule has 0 bridgehead atoms. The van der Waals surface area contributed by atoms with Gasteiger partial charge in [0.1, 0.15) is 0 Å². The van der Waals surface area contributed by atoms with Crippen LogP contribution in [0, 0.1) is 0 Å². The summed E-state index contributed by atoms with van der Waals surface area (Å²) in [6.07, 6.45) is 0.291. The lowest BCUT2D eigenvalue weighted by molar-refractivity contribution is -0.136. The molecule has 1 aliphatic rings. The number of ether oxygens (including phenoxy) is 1. The Morgan fingerprint density at radius 1 is 1.35 bits per heavy atom. The van der Waals surface area contributed by atoms with Crippen LogP contribution in [0.3, 0.4) is 0 Å². The van der Waals surface area contributed by atoms with Crippen LogP contribution >= 0.6 is 0 Å². The highest BCUT2D eigenvalue weighted by Crippen LogP contribution is 2.19. The fourth-order valence-corrected chi connectivity index (χ4v) is 2.54. The smallest absolute Gasteiger partial charge is 0.304 e. The first-order valence-electron chi connectivity index (χ1n) is 5.32. The second kappa shape index (κ2) is 5.76. The van der Waals surface area contributed by atoms with E-state index in [4.69, 9.17) is 9.84 Å². The number of carboxylic acids is 1. The number of aliphatic hydroxyl groups is 1. The molecule has 0 aromatic carbocycles. The monoisotopic (exact) mass is 267 g/mol. The van der Waals surface area contributed by atoms with Gasteiger partial charge in [0.2, 0.25) is 10.0 Å². The molecule has 17 heavy (non-hydrogen) atoms. The minimum absolute atomic E-state index is 0.0989. The molecule has 100 valence electrons. The lowest BCUT2D eigenvalue weighted by Crippen LogP contribution is -2.47. The molecule has 0 aliphatic carbocycles. The van der Waals surface area contributed by atoms with Crippen LogP contribution in [0.5, 0.6) is 0 Å². The molecule has 1 saturated heterocycles. The summed E-state index contributed by atoms with van der Waals surface area (Å²) in [5.74, 6) is -1.64. The van der Waals surface area contributed by atoms with Crippen LogP contribution in [0.1, 0.15) is 19.3 Å². The standard InChI is InChI=1S/C9H17NO6S/c11-8(12)1-6-17(14,15)10-7-9(13)2-4-16-5-3-9/h10,13H,1-7H2,(H,11,12). The quantitative estimate of drug-likeness (QED) is 0.564. The molecule has 0 unspecified atom stereocenters. The Labute approximate surface area is 99.8 Å². The zero-order chi connectivity index (χ0) is 12.9. The van der Waals surface area contributed by atoms with Gasteiger partial charge in [-0.2, -0.15) is 0 Å². The number of nitrogens with one attached hydrogen (secondary N) is 1. The largest absolute Gasteiger partial charge is 0.481 e. The first kappa shape index (κ1) is 14.4. The molecular weight excluding hydrogens is 250 g/mol. The number of carboxylic acid groups (broad SMARTS) is 1. The van der Waals surface area contributed by atoms with Gasteiger partial charge >= 0.3 is 5.97 Å². The fourth-order valence-electron chi connectivity index (χ4n) is 1.47. The van der Waals surface area contributed by atoms with Crippen molar-refractivity contribution < 1.29 is 28.2 Å². The lowest BCUT2D eigenvalue weighted by atomic mass is 9.95. The van der Waals surface area contributed by atoms with Crippen molar-refractivity contribution in [3.05, 3.63) is 0 Å². The Balaban J connectivity index is 2.40. The van der Waals surface area contributed by atoms with E-state index in [0.717, 1.165) is 0 Å². The second-order valence-electron chi connectivity index (χ2n) is 4.12. The van der Waals surface area contributed by atoms with Gasteiger partial charge in [0, 0.05) is 32.6 Å². The SMILES string of the molecule is O=C(O)CCS(=O)(=O)NCC1(O)CCOCC1. The highest BCUT2D eigenvalue weighted by molar-refractivity contribution is 7.89. The molecule has 1 fully saturated rings. The summed E-state index contributed by atoms with van der Waals surface area (Å²) in [4.78, 5) is 10.3. The van der Waals surface area contributed by atoms with Gasteiger partial charge < -0.3 is 14.9 Å². The summed E-state index contributed by atoms with van der Waals surface area (Å²) in [6.45, 7) is 0.693. The first-order valence-corrected chi connectivity index (χ1v) is 6.97. The summed E-state index contributed by atoms with van der Waals surface area (Å²) < 4.78 is 30.1. The van der Waals surface area contributed by atoms with E-state index in [1.807, 2.05) is 0 Å². The normalized spacial score (nSPS) is 20.1. The van der Waals surface area contributed by atoms with Gasteiger partial charge in [-0.05, 0) is 0 Å². The Morgan fingerprint density at radius 2 is 1.94 bits per heavy atom. The van der Waals surface area contributed by atoms with Crippen LogP contribution in [-0.2, 0) is 19.6 Å². The minimum Gasteiger partial charge on any atom is -0.481 e. The van der Waals surface area contributed by atoms with Gasteiger partial charge in [-0.1, -0.05) is 0 Å². The topological polar surface area (TPSA) is 113 Å². The van der Waals surface area contributed by atoms with Crippen molar-refractivity contribution in [1.29, 1.82) is 0 Å². The molecule has 3 N–H and O–H groups in total. The first-order chi connectivity index (χ1) is 7.83. The number of hydrogen-bond acceptors (Lipinski definition) is 5. The predicted octanol–water partition coefficient (Wildman–Crippen LogP) is -1.08. The van der Waals surface area contributed by atoms with E-state index >= 15 is 0 Å². The summed E-state index contributed by atoms with van der Waals surface area (Å²) in [7, 11) is -3.65. The van der Waals surface area contributed by atoms with Crippen molar-refractivity contribution in [2.75, 3.05) is 25.5 Å². The zero-order valence-electron chi connectivity index (χ0n) is 9.39. The Hall–Kier alpha value is -0.700. The molecule has 1 rings (SSSR count). The number of aliphatic carboxylic acids is 1. The highest BCUT2D eigenvalue weighted by atomic mass is 32.2. The van der Waals surface area contributed by atoms with Gasteiger partial charge in [0.05, 0.1) is 17.8 Å². The molecule has 1 aliphatic heterocycles. The molecule has 0 aromatic heterocycles. The van der Waals surface area contributed by atoms with Crippen LogP contribution in [0.25, 0.3) is 0 Å². The summed E-state index contributed by atoms with van der Waals surface area (Å²) >= 11 is 0. The molecule has 0 radical (unpaired) electrons. The number of carbonyl (C=O) groups is 1. The second-order valence-corrected chi connectivity index (χ2v) is 6.05. The van der Waals surface area contributed by atoms with Gasteiger partial charge in [-0.25, -0.2) is 13.1 Å². The molecule has 8 heteroatoms. The van der Waals surface area contributed by atoms with Crippen molar-refractivity contribution >= 4 is 16.0 Å². The number of sulfonamides is 1. The Bertz CT molecular complexity index is 360. The fraction of sp³-hybridized carbons (Fsp3) is 0.889. The Kier molecular flexibility index (Phi) is 4.87. The van der Waals surface area contributed by atoms with Crippen LogP contribution in [0.15, 0.2) is 0 Å². The van der Waals surface area contributed by atoms with E-state index in [2.05, 4.69) is 4.72 Å². The number of rotatable bonds is 6.